The molecule has 0 saturated carbocycles. The number of carbonyl (C=O) groups excluding carboxylic acids is 1. The van der Waals surface area contributed by atoms with E-state index in [1.807, 2.05) is 0 Å². The van der Waals surface area contributed by atoms with E-state index in [0.29, 0.717) is 12.3 Å². The van der Waals surface area contributed by atoms with Gasteiger partial charge in [0.15, 0.2) is 11.5 Å². The molecule has 0 aliphatic rings. The van der Waals surface area contributed by atoms with Gasteiger partial charge in [-0.25, -0.2) is 14.4 Å². The minimum Gasteiger partial charge on any atom is -0.493 e. The van der Waals surface area contributed by atoms with Crippen molar-refractivity contribution in [3.05, 3.63) is 65.7 Å². The van der Waals surface area contributed by atoms with E-state index in [-0.39, 0.29) is 23.1 Å². The predicted molar refractivity (Wildman–Crippen MR) is 101 cm³/mol. The van der Waals surface area contributed by atoms with Crippen LogP contribution in [-0.2, 0) is 6.18 Å². The third kappa shape index (κ3) is 5.18. The number of amides is 1. The van der Waals surface area contributed by atoms with Crippen LogP contribution in [0.5, 0.6) is 23.3 Å². The minimum absolute atomic E-state index is 0.0353. The molecule has 3 aromatic rings. The Labute approximate surface area is 173 Å². The van der Waals surface area contributed by atoms with E-state index in [1.54, 1.807) is 0 Å². The fourth-order valence-corrected chi connectivity index (χ4v) is 2.48. The molecule has 162 valence electrons. The zero-order valence-electron chi connectivity index (χ0n) is 16.2. The van der Waals surface area contributed by atoms with Gasteiger partial charge in [-0.1, -0.05) is 0 Å². The predicted octanol–water partition coefficient (Wildman–Crippen LogP) is 4.70. The summed E-state index contributed by atoms with van der Waals surface area (Å²) < 4.78 is 68.4. The summed E-state index contributed by atoms with van der Waals surface area (Å²) >= 11 is 0. The number of hydrogen-bond acceptors (Lipinski definition) is 6. The van der Waals surface area contributed by atoms with Crippen LogP contribution in [0.25, 0.3) is 0 Å². The first-order valence-electron chi connectivity index (χ1n) is 8.61. The van der Waals surface area contributed by atoms with Crippen LogP contribution >= 0.6 is 0 Å². The molecule has 0 aliphatic heterocycles. The molecule has 7 nitrogen and oxygen atoms in total. The Morgan fingerprint density at radius 3 is 2.45 bits per heavy atom. The van der Waals surface area contributed by atoms with Crippen LogP contribution in [0.15, 0.2) is 48.8 Å². The van der Waals surface area contributed by atoms with Crippen molar-refractivity contribution in [3.63, 3.8) is 0 Å². The summed E-state index contributed by atoms with van der Waals surface area (Å²) in [5.74, 6) is -1.87. The fourth-order valence-electron chi connectivity index (χ4n) is 2.48. The molecule has 0 aliphatic carbocycles. The van der Waals surface area contributed by atoms with Crippen molar-refractivity contribution in [1.82, 2.24) is 9.97 Å². The maximum absolute atomic E-state index is 13.4. The fraction of sp³-hybridized carbons (Fsp3) is 0.150. The second-order valence-electron chi connectivity index (χ2n) is 6.01. The Kier molecular flexibility index (Phi) is 6.23. The van der Waals surface area contributed by atoms with Crippen molar-refractivity contribution in [3.8, 4) is 23.3 Å². The second-order valence-corrected chi connectivity index (χ2v) is 6.01. The molecule has 1 N–H and O–H groups in total. The van der Waals surface area contributed by atoms with E-state index < -0.39 is 34.9 Å². The van der Waals surface area contributed by atoms with E-state index in [0.717, 1.165) is 12.1 Å². The maximum atomic E-state index is 13.4. The van der Waals surface area contributed by atoms with Gasteiger partial charge in [-0.3, -0.25) is 4.79 Å². The Morgan fingerprint density at radius 1 is 1.00 bits per heavy atom. The standard InChI is InChI=1S/C20H15F4N3O4/c1-29-16-8-12(21)3-4-15(16)31-19-14(7-11(10-26-19)20(22,23)24)18(28)27-13-5-6-25-17(9-13)30-2/h3-10H,1-2H3,(H,25,27,28). The number of rotatable bonds is 6. The molecule has 1 amide bonds. The van der Waals surface area contributed by atoms with Gasteiger partial charge < -0.3 is 19.5 Å². The molecule has 11 heteroatoms. The SMILES string of the molecule is COc1cc(NC(=O)c2cc(C(F)(F)F)cnc2Oc2ccc(F)cc2OC)ccn1. The molecule has 31 heavy (non-hydrogen) atoms. The molecule has 0 bridgehead atoms. The molecule has 2 heterocycles. The summed E-state index contributed by atoms with van der Waals surface area (Å²) in [6, 6.07) is 6.68. The van der Waals surface area contributed by atoms with Gasteiger partial charge >= 0.3 is 6.18 Å². The van der Waals surface area contributed by atoms with Crippen LogP contribution < -0.4 is 19.5 Å². The number of ether oxygens (including phenoxy) is 3. The molecule has 2 aromatic heterocycles. The lowest BCUT2D eigenvalue weighted by atomic mass is 10.1. The highest BCUT2D eigenvalue weighted by molar-refractivity contribution is 6.06. The van der Waals surface area contributed by atoms with Crippen molar-refractivity contribution < 1.29 is 36.6 Å². The van der Waals surface area contributed by atoms with E-state index in [9.17, 15) is 22.4 Å². The molecule has 0 radical (unpaired) electrons. The zero-order chi connectivity index (χ0) is 22.6. The van der Waals surface area contributed by atoms with Gasteiger partial charge in [0.1, 0.15) is 11.4 Å². The Hall–Kier alpha value is -3.89. The Balaban J connectivity index is 2.00. The smallest absolute Gasteiger partial charge is 0.417 e. The first kappa shape index (κ1) is 21.8. The topological polar surface area (TPSA) is 82.6 Å². The number of anilines is 1. The summed E-state index contributed by atoms with van der Waals surface area (Å²) in [6.07, 6.45) is -2.87. The van der Waals surface area contributed by atoms with Gasteiger partial charge in [-0.05, 0) is 24.3 Å². The van der Waals surface area contributed by atoms with E-state index in [2.05, 4.69) is 15.3 Å². The average molecular weight is 437 g/mol. The molecule has 0 saturated heterocycles. The van der Waals surface area contributed by atoms with Crippen LogP contribution in [0.3, 0.4) is 0 Å². The van der Waals surface area contributed by atoms with Crippen LogP contribution in [0.2, 0.25) is 0 Å². The number of hydrogen-bond donors (Lipinski definition) is 1. The van der Waals surface area contributed by atoms with Gasteiger partial charge in [0, 0.05) is 30.2 Å². The normalized spacial score (nSPS) is 11.0. The second kappa shape index (κ2) is 8.86. The summed E-state index contributed by atoms with van der Waals surface area (Å²) in [6.45, 7) is 0. The zero-order valence-corrected chi connectivity index (χ0v) is 16.2. The van der Waals surface area contributed by atoms with Crippen LogP contribution in [-0.4, -0.2) is 30.1 Å². The van der Waals surface area contributed by atoms with Crippen LogP contribution in [0.1, 0.15) is 15.9 Å². The number of benzene rings is 1. The van der Waals surface area contributed by atoms with E-state index in [1.165, 1.54) is 38.6 Å². The van der Waals surface area contributed by atoms with Crippen molar-refractivity contribution in [1.29, 1.82) is 0 Å². The minimum atomic E-state index is -4.74. The highest BCUT2D eigenvalue weighted by Crippen LogP contribution is 2.36. The van der Waals surface area contributed by atoms with Crippen LogP contribution in [0.4, 0.5) is 23.2 Å². The summed E-state index contributed by atoms with van der Waals surface area (Å²) in [7, 11) is 2.62. The van der Waals surface area contributed by atoms with Gasteiger partial charge in [-0.15, -0.1) is 0 Å². The largest absolute Gasteiger partial charge is 0.493 e. The lowest BCUT2D eigenvalue weighted by Gasteiger charge is -2.15. The van der Waals surface area contributed by atoms with Crippen molar-refractivity contribution in [2.45, 2.75) is 6.18 Å². The molecular weight excluding hydrogens is 422 g/mol. The molecule has 0 spiro atoms. The van der Waals surface area contributed by atoms with Crippen molar-refractivity contribution >= 4 is 11.6 Å². The number of alkyl halides is 3. The summed E-state index contributed by atoms with van der Waals surface area (Å²) in [5.41, 5.74) is -1.43. The van der Waals surface area contributed by atoms with Crippen LogP contribution in [0, 0.1) is 5.82 Å². The molecule has 0 fully saturated rings. The Morgan fingerprint density at radius 2 is 1.77 bits per heavy atom. The quantitative estimate of drug-likeness (QED) is 0.563. The lowest BCUT2D eigenvalue weighted by molar-refractivity contribution is -0.137. The first-order valence-corrected chi connectivity index (χ1v) is 8.61. The monoisotopic (exact) mass is 437 g/mol. The van der Waals surface area contributed by atoms with Gasteiger partial charge in [-0.2, -0.15) is 13.2 Å². The highest BCUT2D eigenvalue weighted by Gasteiger charge is 2.33. The third-order valence-corrected chi connectivity index (χ3v) is 3.96. The molecular formula is C20H15F4N3O4. The summed E-state index contributed by atoms with van der Waals surface area (Å²) in [4.78, 5) is 20.3. The van der Waals surface area contributed by atoms with E-state index >= 15 is 0 Å². The maximum Gasteiger partial charge on any atom is 0.417 e. The molecule has 0 unspecified atom stereocenters. The van der Waals surface area contributed by atoms with Gasteiger partial charge in [0.05, 0.1) is 19.8 Å². The number of nitrogens with zero attached hydrogens (tertiary/aromatic N) is 2. The average Bonchev–Trinajstić information content (AvgIpc) is 2.74. The summed E-state index contributed by atoms with van der Waals surface area (Å²) in [5, 5.41) is 2.44. The number of nitrogens with one attached hydrogen (secondary N) is 1. The number of pyridine rings is 2. The highest BCUT2D eigenvalue weighted by atomic mass is 19.4. The van der Waals surface area contributed by atoms with Gasteiger partial charge in [0.2, 0.25) is 11.8 Å². The van der Waals surface area contributed by atoms with Crippen molar-refractivity contribution in [2.75, 3.05) is 19.5 Å². The van der Waals surface area contributed by atoms with Crippen molar-refractivity contribution in [2.24, 2.45) is 0 Å². The van der Waals surface area contributed by atoms with Gasteiger partial charge in [0.25, 0.3) is 5.91 Å². The molecule has 3 rings (SSSR count). The number of halogens is 4. The van der Waals surface area contributed by atoms with E-state index in [4.69, 9.17) is 14.2 Å². The third-order valence-electron chi connectivity index (χ3n) is 3.96. The first-order chi connectivity index (χ1) is 14.7. The Bertz CT molecular complexity index is 1110. The molecule has 1 aromatic carbocycles. The number of carbonyl (C=O) groups is 1. The lowest BCUT2D eigenvalue weighted by Crippen LogP contribution is -2.16. The molecule has 0 atom stereocenters. The number of methoxy groups -OCH3 is 2. The number of aromatic nitrogens is 2.